The molecule has 1 fully saturated rings. The second-order valence-corrected chi connectivity index (χ2v) is 3.97. The number of hydrogen-bond acceptors (Lipinski definition) is 3. The molecule has 0 saturated carbocycles. The van der Waals surface area contributed by atoms with Crippen LogP contribution >= 0.6 is 0 Å². The van der Waals surface area contributed by atoms with E-state index in [9.17, 15) is 0 Å². The molecule has 3 nitrogen and oxygen atoms in total. The summed E-state index contributed by atoms with van der Waals surface area (Å²) in [5.74, 6) is 1.04. The molecule has 72 valence electrons. The van der Waals surface area contributed by atoms with Gasteiger partial charge in [-0.05, 0) is 18.3 Å². The van der Waals surface area contributed by atoms with Crippen LogP contribution in [0.3, 0.4) is 0 Å². The molecule has 12 heavy (non-hydrogen) atoms. The monoisotopic (exact) mass is 174 g/mol. The summed E-state index contributed by atoms with van der Waals surface area (Å²) >= 11 is 0. The summed E-state index contributed by atoms with van der Waals surface area (Å²) in [7, 11) is 0. The van der Waals surface area contributed by atoms with E-state index in [1.807, 2.05) is 0 Å². The Labute approximate surface area is 73.4 Å². The highest BCUT2D eigenvalue weighted by molar-refractivity contribution is 4.86. The molecule has 0 aromatic carbocycles. The third-order valence-corrected chi connectivity index (χ3v) is 2.89. The van der Waals surface area contributed by atoms with Crippen molar-refractivity contribution in [1.29, 1.82) is 0 Å². The van der Waals surface area contributed by atoms with E-state index in [4.69, 9.17) is 14.9 Å². The predicted molar refractivity (Wildman–Crippen MR) is 45.8 cm³/mol. The van der Waals surface area contributed by atoms with Crippen LogP contribution in [0, 0.1) is 11.8 Å². The van der Waals surface area contributed by atoms with Crippen molar-refractivity contribution in [2.24, 2.45) is 11.8 Å². The Balaban J connectivity index is 2.58. The van der Waals surface area contributed by atoms with E-state index in [-0.39, 0.29) is 13.2 Å². The van der Waals surface area contributed by atoms with Gasteiger partial charge in [0.05, 0.1) is 19.8 Å². The molecule has 1 rings (SSSR count). The lowest BCUT2D eigenvalue weighted by Crippen LogP contribution is -2.48. The van der Waals surface area contributed by atoms with Crippen molar-refractivity contribution in [2.75, 3.05) is 19.8 Å². The zero-order valence-corrected chi connectivity index (χ0v) is 7.79. The Bertz CT molecular complexity index is 143. The predicted octanol–water partition coefficient (Wildman–Crippen LogP) is 0.402. The number of hydrogen-bond donors (Lipinski definition) is 2. The van der Waals surface area contributed by atoms with Gasteiger partial charge in [0.2, 0.25) is 0 Å². The minimum absolute atomic E-state index is 0.0828. The van der Waals surface area contributed by atoms with Gasteiger partial charge < -0.3 is 14.9 Å². The maximum absolute atomic E-state index is 9.06. The molecule has 0 aromatic rings. The van der Waals surface area contributed by atoms with Crippen LogP contribution in [0.5, 0.6) is 0 Å². The molecule has 0 aromatic heterocycles. The van der Waals surface area contributed by atoms with Crippen LogP contribution in [0.1, 0.15) is 20.3 Å². The molecule has 1 heterocycles. The van der Waals surface area contributed by atoms with Crippen molar-refractivity contribution in [2.45, 2.75) is 25.9 Å². The third kappa shape index (κ3) is 1.79. The SMILES string of the molecule is CC1COC(CO)(CO)CC1C. The lowest BCUT2D eigenvalue weighted by molar-refractivity contribution is -0.161. The zero-order valence-electron chi connectivity index (χ0n) is 7.79. The Morgan fingerprint density at radius 3 is 2.25 bits per heavy atom. The Morgan fingerprint density at radius 2 is 1.83 bits per heavy atom. The molecular weight excluding hydrogens is 156 g/mol. The number of ether oxygens (including phenoxy) is 1. The van der Waals surface area contributed by atoms with Crippen molar-refractivity contribution in [1.82, 2.24) is 0 Å². The lowest BCUT2D eigenvalue weighted by Gasteiger charge is -2.40. The normalized spacial score (nSPS) is 35.0. The second-order valence-electron chi connectivity index (χ2n) is 3.97. The highest BCUT2D eigenvalue weighted by Gasteiger charge is 2.37. The highest BCUT2D eigenvalue weighted by atomic mass is 16.5. The minimum atomic E-state index is -0.675. The molecule has 2 atom stereocenters. The van der Waals surface area contributed by atoms with Crippen LogP contribution in [0.25, 0.3) is 0 Å². The molecule has 0 aliphatic carbocycles. The molecule has 0 spiro atoms. The fourth-order valence-electron chi connectivity index (χ4n) is 1.59. The summed E-state index contributed by atoms with van der Waals surface area (Å²) in [4.78, 5) is 0. The first-order chi connectivity index (χ1) is 5.63. The molecular formula is C9H18O3. The van der Waals surface area contributed by atoms with Crippen LogP contribution < -0.4 is 0 Å². The van der Waals surface area contributed by atoms with Gasteiger partial charge in [0.1, 0.15) is 5.60 Å². The van der Waals surface area contributed by atoms with Crippen molar-refractivity contribution >= 4 is 0 Å². The van der Waals surface area contributed by atoms with E-state index in [1.165, 1.54) is 0 Å². The van der Waals surface area contributed by atoms with Crippen molar-refractivity contribution in [3.8, 4) is 0 Å². The standard InChI is InChI=1S/C9H18O3/c1-7-3-9(5-10,6-11)12-4-8(7)2/h7-8,10-11H,3-6H2,1-2H3. The van der Waals surface area contributed by atoms with E-state index in [2.05, 4.69) is 13.8 Å². The molecule has 1 aliphatic heterocycles. The summed E-state index contributed by atoms with van der Waals surface area (Å²) in [6, 6.07) is 0. The third-order valence-electron chi connectivity index (χ3n) is 2.89. The minimum Gasteiger partial charge on any atom is -0.393 e. The Hall–Kier alpha value is -0.120. The Kier molecular flexibility index (Phi) is 3.09. The van der Waals surface area contributed by atoms with Crippen molar-refractivity contribution in [3.63, 3.8) is 0 Å². The zero-order chi connectivity index (χ0) is 9.19. The van der Waals surface area contributed by atoms with Crippen molar-refractivity contribution < 1.29 is 14.9 Å². The highest BCUT2D eigenvalue weighted by Crippen LogP contribution is 2.31. The van der Waals surface area contributed by atoms with Crippen LogP contribution in [0.4, 0.5) is 0 Å². The summed E-state index contributed by atoms with van der Waals surface area (Å²) < 4.78 is 5.45. The van der Waals surface area contributed by atoms with Gasteiger partial charge in [-0.15, -0.1) is 0 Å². The first-order valence-corrected chi connectivity index (χ1v) is 4.49. The van der Waals surface area contributed by atoms with E-state index in [0.717, 1.165) is 6.42 Å². The van der Waals surface area contributed by atoms with Gasteiger partial charge in [0.25, 0.3) is 0 Å². The van der Waals surface area contributed by atoms with Crippen molar-refractivity contribution in [3.05, 3.63) is 0 Å². The van der Waals surface area contributed by atoms with Gasteiger partial charge in [0.15, 0.2) is 0 Å². The smallest absolute Gasteiger partial charge is 0.114 e. The summed E-state index contributed by atoms with van der Waals surface area (Å²) in [5, 5.41) is 18.1. The first kappa shape index (κ1) is 9.96. The summed E-state index contributed by atoms with van der Waals surface area (Å²) in [5.41, 5.74) is -0.675. The maximum atomic E-state index is 9.06. The molecule has 3 heteroatoms. The maximum Gasteiger partial charge on any atom is 0.114 e. The topological polar surface area (TPSA) is 49.7 Å². The fraction of sp³-hybridized carbons (Fsp3) is 1.00. The number of rotatable bonds is 2. The molecule has 1 aliphatic rings. The molecule has 2 N–H and O–H groups in total. The van der Waals surface area contributed by atoms with Gasteiger partial charge in [-0.3, -0.25) is 0 Å². The lowest BCUT2D eigenvalue weighted by atomic mass is 9.82. The van der Waals surface area contributed by atoms with Crippen LogP contribution in [-0.2, 0) is 4.74 Å². The molecule has 0 radical (unpaired) electrons. The molecule has 2 unspecified atom stereocenters. The fourth-order valence-corrected chi connectivity index (χ4v) is 1.59. The first-order valence-electron chi connectivity index (χ1n) is 4.49. The number of aliphatic hydroxyl groups excluding tert-OH is 2. The van der Waals surface area contributed by atoms with Crippen LogP contribution in [0.15, 0.2) is 0 Å². The largest absolute Gasteiger partial charge is 0.393 e. The summed E-state index contributed by atoms with van der Waals surface area (Å²) in [6.07, 6.45) is 0.751. The van der Waals surface area contributed by atoms with E-state index in [0.29, 0.717) is 18.4 Å². The molecule has 0 amide bonds. The van der Waals surface area contributed by atoms with Crippen LogP contribution in [-0.4, -0.2) is 35.6 Å². The molecule has 0 bridgehead atoms. The molecule has 1 saturated heterocycles. The van der Waals surface area contributed by atoms with Gasteiger partial charge in [-0.25, -0.2) is 0 Å². The van der Waals surface area contributed by atoms with E-state index < -0.39 is 5.60 Å². The number of aliphatic hydroxyl groups is 2. The average molecular weight is 174 g/mol. The van der Waals surface area contributed by atoms with Gasteiger partial charge >= 0.3 is 0 Å². The Morgan fingerprint density at radius 1 is 1.25 bits per heavy atom. The second kappa shape index (κ2) is 3.73. The summed E-state index contributed by atoms with van der Waals surface area (Å²) in [6.45, 7) is 4.74. The van der Waals surface area contributed by atoms with E-state index >= 15 is 0 Å². The van der Waals surface area contributed by atoms with Gasteiger partial charge in [0, 0.05) is 0 Å². The van der Waals surface area contributed by atoms with Crippen LogP contribution in [0.2, 0.25) is 0 Å². The quantitative estimate of drug-likeness (QED) is 0.637. The van der Waals surface area contributed by atoms with E-state index in [1.54, 1.807) is 0 Å². The van der Waals surface area contributed by atoms with Gasteiger partial charge in [-0.2, -0.15) is 0 Å². The average Bonchev–Trinajstić information content (AvgIpc) is 2.10. The van der Waals surface area contributed by atoms with Gasteiger partial charge in [-0.1, -0.05) is 13.8 Å².